The van der Waals surface area contributed by atoms with Crippen LogP contribution in [0.2, 0.25) is 5.02 Å². The average molecular weight is 260 g/mol. The predicted molar refractivity (Wildman–Crippen MR) is 67.3 cm³/mol. The average Bonchev–Trinajstić information content (AvgIpc) is 2.31. The van der Waals surface area contributed by atoms with Crippen LogP contribution in [0, 0.1) is 0 Å². The van der Waals surface area contributed by atoms with E-state index in [0.717, 1.165) is 5.56 Å². The van der Waals surface area contributed by atoms with Crippen molar-refractivity contribution in [2.45, 2.75) is 19.0 Å². The van der Waals surface area contributed by atoms with E-state index >= 15 is 0 Å². The molecule has 0 aliphatic rings. The Balaban J connectivity index is 2.55. The standard InChI is InChI=1S/C12H18ClNO3/c1-17-8-10(5-6-15)14-7-9-3-2-4-11(13)12(9)16/h2-4,10,14-16H,5-8H2,1H3. The van der Waals surface area contributed by atoms with Crippen molar-refractivity contribution in [3.8, 4) is 5.75 Å². The summed E-state index contributed by atoms with van der Waals surface area (Å²) in [4.78, 5) is 0. The van der Waals surface area contributed by atoms with Crippen LogP contribution in [-0.4, -0.2) is 36.6 Å². The number of benzene rings is 1. The second kappa shape index (κ2) is 7.50. The molecular weight excluding hydrogens is 242 g/mol. The number of methoxy groups -OCH3 is 1. The summed E-state index contributed by atoms with van der Waals surface area (Å²) in [5.74, 6) is 0.0989. The highest BCUT2D eigenvalue weighted by molar-refractivity contribution is 6.32. The molecule has 0 amide bonds. The summed E-state index contributed by atoms with van der Waals surface area (Å²) in [6.45, 7) is 1.10. The highest BCUT2D eigenvalue weighted by Gasteiger charge is 2.09. The molecule has 0 spiro atoms. The van der Waals surface area contributed by atoms with Crippen molar-refractivity contribution < 1.29 is 14.9 Å². The molecule has 0 aliphatic carbocycles. The molecule has 0 aromatic heterocycles. The molecule has 1 atom stereocenters. The predicted octanol–water partition coefficient (Wildman–Crippen LogP) is 1.53. The molecule has 3 N–H and O–H groups in total. The van der Waals surface area contributed by atoms with Gasteiger partial charge in [0, 0.05) is 31.9 Å². The molecule has 1 aromatic carbocycles. The molecule has 5 heteroatoms. The van der Waals surface area contributed by atoms with Gasteiger partial charge in [-0.15, -0.1) is 0 Å². The lowest BCUT2D eigenvalue weighted by Gasteiger charge is -2.17. The van der Waals surface area contributed by atoms with Gasteiger partial charge in [0.25, 0.3) is 0 Å². The fourth-order valence-corrected chi connectivity index (χ4v) is 1.75. The number of aliphatic hydroxyl groups excluding tert-OH is 1. The van der Waals surface area contributed by atoms with Crippen LogP contribution in [0.3, 0.4) is 0 Å². The molecule has 0 bridgehead atoms. The first-order valence-corrected chi connectivity index (χ1v) is 5.86. The van der Waals surface area contributed by atoms with Crippen molar-refractivity contribution in [2.75, 3.05) is 20.3 Å². The molecular formula is C12H18ClNO3. The first-order chi connectivity index (χ1) is 8.19. The van der Waals surface area contributed by atoms with Crippen LogP contribution in [0.4, 0.5) is 0 Å². The highest BCUT2D eigenvalue weighted by atomic mass is 35.5. The van der Waals surface area contributed by atoms with Gasteiger partial charge in [-0.1, -0.05) is 23.7 Å². The van der Waals surface area contributed by atoms with Crippen molar-refractivity contribution in [1.29, 1.82) is 0 Å². The van der Waals surface area contributed by atoms with Crippen molar-refractivity contribution in [3.63, 3.8) is 0 Å². The Kier molecular flexibility index (Phi) is 6.29. The number of halogens is 1. The summed E-state index contributed by atoms with van der Waals surface area (Å²) >= 11 is 5.81. The van der Waals surface area contributed by atoms with Gasteiger partial charge < -0.3 is 20.3 Å². The molecule has 1 rings (SSSR count). The largest absolute Gasteiger partial charge is 0.506 e. The maximum Gasteiger partial charge on any atom is 0.138 e. The molecule has 0 saturated heterocycles. The first kappa shape index (κ1) is 14.3. The number of aliphatic hydroxyl groups is 1. The van der Waals surface area contributed by atoms with Crippen LogP contribution in [0.25, 0.3) is 0 Å². The second-order valence-electron chi connectivity index (χ2n) is 3.79. The number of hydrogen-bond donors (Lipinski definition) is 3. The van der Waals surface area contributed by atoms with Crippen LogP contribution in [0.15, 0.2) is 18.2 Å². The van der Waals surface area contributed by atoms with Crippen LogP contribution in [-0.2, 0) is 11.3 Å². The molecule has 4 nitrogen and oxygen atoms in total. The van der Waals surface area contributed by atoms with Gasteiger partial charge >= 0.3 is 0 Å². The molecule has 96 valence electrons. The van der Waals surface area contributed by atoms with E-state index < -0.39 is 0 Å². The lowest BCUT2D eigenvalue weighted by atomic mass is 10.1. The van der Waals surface area contributed by atoms with E-state index in [1.54, 1.807) is 25.3 Å². The molecule has 0 fully saturated rings. The SMILES string of the molecule is COCC(CCO)NCc1cccc(Cl)c1O. The summed E-state index contributed by atoms with van der Waals surface area (Å²) in [6, 6.07) is 5.29. The quantitative estimate of drug-likeness (QED) is 0.695. The zero-order valence-electron chi connectivity index (χ0n) is 9.82. The Hall–Kier alpha value is -0.810. The van der Waals surface area contributed by atoms with Crippen LogP contribution in [0.1, 0.15) is 12.0 Å². The summed E-state index contributed by atoms with van der Waals surface area (Å²) < 4.78 is 5.04. The summed E-state index contributed by atoms with van der Waals surface area (Å²) in [7, 11) is 1.61. The lowest BCUT2D eigenvalue weighted by molar-refractivity contribution is 0.148. The number of aromatic hydroxyl groups is 1. The molecule has 0 aliphatic heterocycles. The van der Waals surface area contributed by atoms with E-state index in [4.69, 9.17) is 21.4 Å². The van der Waals surface area contributed by atoms with Crippen LogP contribution < -0.4 is 5.32 Å². The second-order valence-corrected chi connectivity index (χ2v) is 4.20. The van der Waals surface area contributed by atoms with E-state index in [-0.39, 0.29) is 18.4 Å². The minimum absolute atomic E-state index is 0.0587. The third kappa shape index (κ3) is 4.52. The Bertz CT molecular complexity index is 341. The van der Waals surface area contributed by atoms with Crippen molar-refractivity contribution in [2.24, 2.45) is 0 Å². The van der Waals surface area contributed by atoms with Gasteiger partial charge in [-0.2, -0.15) is 0 Å². The van der Waals surface area contributed by atoms with Gasteiger partial charge in [0.2, 0.25) is 0 Å². The fourth-order valence-electron chi connectivity index (χ4n) is 1.56. The fraction of sp³-hybridized carbons (Fsp3) is 0.500. The van der Waals surface area contributed by atoms with Gasteiger partial charge in [-0.05, 0) is 12.5 Å². The van der Waals surface area contributed by atoms with Gasteiger partial charge in [0.15, 0.2) is 0 Å². The Morgan fingerprint density at radius 3 is 2.88 bits per heavy atom. The van der Waals surface area contributed by atoms with E-state index in [2.05, 4.69) is 5.32 Å². The summed E-state index contributed by atoms with van der Waals surface area (Å²) in [6.07, 6.45) is 0.606. The molecule has 1 unspecified atom stereocenters. The zero-order valence-corrected chi connectivity index (χ0v) is 10.6. The van der Waals surface area contributed by atoms with Crippen molar-refractivity contribution in [3.05, 3.63) is 28.8 Å². The Morgan fingerprint density at radius 1 is 1.47 bits per heavy atom. The zero-order chi connectivity index (χ0) is 12.7. The number of para-hydroxylation sites is 1. The number of ether oxygens (including phenoxy) is 1. The number of phenolic OH excluding ortho intramolecular Hbond substituents is 1. The lowest BCUT2D eigenvalue weighted by Crippen LogP contribution is -2.33. The molecule has 0 saturated carbocycles. The highest BCUT2D eigenvalue weighted by Crippen LogP contribution is 2.26. The maximum atomic E-state index is 9.72. The van der Waals surface area contributed by atoms with E-state index in [9.17, 15) is 5.11 Å². The van der Waals surface area contributed by atoms with Crippen LogP contribution >= 0.6 is 11.6 Å². The third-order valence-electron chi connectivity index (χ3n) is 2.50. The monoisotopic (exact) mass is 259 g/mol. The molecule has 17 heavy (non-hydrogen) atoms. The minimum atomic E-state index is 0.0587. The van der Waals surface area contributed by atoms with Gasteiger partial charge in [-0.25, -0.2) is 0 Å². The third-order valence-corrected chi connectivity index (χ3v) is 2.80. The molecule has 0 radical (unpaired) electrons. The van der Waals surface area contributed by atoms with Crippen molar-refractivity contribution in [1.82, 2.24) is 5.32 Å². The topological polar surface area (TPSA) is 61.7 Å². The minimum Gasteiger partial charge on any atom is -0.506 e. The van der Waals surface area contributed by atoms with Gasteiger partial charge in [0.05, 0.1) is 11.6 Å². The van der Waals surface area contributed by atoms with E-state index in [1.165, 1.54) is 0 Å². The number of nitrogens with one attached hydrogen (secondary N) is 1. The molecule has 0 heterocycles. The van der Waals surface area contributed by atoms with Crippen LogP contribution in [0.5, 0.6) is 5.75 Å². The maximum absolute atomic E-state index is 9.72. The Morgan fingerprint density at radius 2 is 2.24 bits per heavy atom. The number of hydrogen-bond acceptors (Lipinski definition) is 4. The van der Waals surface area contributed by atoms with Crippen molar-refractivity contribution >= 4 is 11.6 Å². The Labute approximate surface area is 106 Å². The first-order valence-electron chi connectivity index (χ1n) is 5.48. The van der Waals surface area contributed by atoms with Gasteiger partial charge in [-0.3, -0.25) is 0 Å². The normalized spacial score (nSPS) is 12.6. The smallest absolute Gasteiger partial charge is 0.138 e. The number of phenols is 1. The van der Waals surface area contributed by atoms with E-state index in [1.807, 2.05) is 0 Å². The summed E-state index contributed by atoms with van der Waals surface area (Å²) in [5.41, 5.74) is 0.733. The van der Waals surface area contributed by atoms with Gasteiger partial charge in [0.1, 0.15) is 5.75 Å². The summed E-state index contributed by atoms with van der Waals surface area (Å²) in [5, 5.41) is 22.2. The number of rotatable bonds is 7. The molecule has 1 aromatic rings. The van der Waals surface area contributed by atoms with E-state index in [0.29, 0.717) is 24.6 Å².